The lowest BCUT2D eigenvalue weighted by Gasteiger charge is -2.36. The Kier molecular flexibility index (Phi) is 4.50. The summed E-state index contributed by atoms with van der Waals surface area (Å²) in [5.74, 6) is 0.665. The van der Waals surface area contributed by atoms with Crippen molar-refractivity contribution in [3.63, 3.8) is 0 Å². The van der Waals surface area contributed by atoms with Gasteiger partial charge in [0.1, 0.15) is 0 Å². The molecule has 2 fully saturated rings. The first-order valence-corrected chi connectivity index (χ1v) is 9.33. The molecule has 1 unspecified atom stereocenters. The number of nitrogens with zero attached hydrogens (tertiary/aromatic N) is 1. The number of benzene rings is 1. The van der Waals surface area contributed by atoms with E-state index in [4.69, 9.17) is 0 Å². The fraction of sp³-hybridized carbons (Fsp3) is 0.667. The third-order valence-corrected chi connectivity index (χ3v) is 6.23. The Hall–Kier alpha value is -1.35. The van der Waals surface area contributed by atoms with Crippen molar-refractivity contribution in [3.05, 3.63) is 29.8 Å². The zero-order chi connectivity index (χ0) is 17.5. The van der Waals surface area contributed by atoms with E-state index in [1.165, 1.54) is 5.56 Å². The van der Waals surface area contributed by atoms with E-state index in [1.54, 1.807) is 0 Å². The van der Waals surface area contributed by atoms with Crippen LogP contribution >= 0.6 is 0 Å². The quantitative estimate of drug-likeness (QED) is 0.880. The number of carbonyl (C=O) groups excluding carboxylic acids is 1. The SMILES string of the molecule is CC(O)C1CCC2(CC1)CCN(c1ccc(C(C)(C)C)cc1)C2=O. The molecule has 1 heterocycles. The first-order chi connectivity index (χ1) is 11.2. The van der Waals surface area contributed by atoms with Crippen LogP contribution in [0.3, 0.4) is 0 Å². The predicted molar refractivity (Wildman–Crippen MR) is 98.2 cm³/mol. The van der Waals surface area contributed by atoms with E-state index in [0.717, 1.165) is 44.3 Å². The van der Waals surface area contributed by atoms with E-state index in [9.17, 15) is 9.90 Å². The number of hydrogen-bond acceptors (Lipinski definition) is 2. The molecule has 1 aromatic carbocycles. The molecule has 24 heavy (non-hydrogen) atoms. The van der Waals surface area contributed by atoms with E-state index in [1.807, 2.05) is 11.8 Å². The molecule has 1 aliphatic heterocycles. The van der Waals surface area contributed by atoms with E-state index in [2.05, 4.69) is 45.0 Å². The van der Waals surface area contributed by atoms with Crippen molar-refractivity contribution in [1.29, 1.82) is 0 Å². The van der Waals surface area contributed by atoms with Gasteiger partial charge < -0.3 is 10.0 Å². The van der Waals surface area contributed by atoms with Gasteiger partial charge in [0.05, 0.1) is 11.5 Å². The molecule has 3 nitrogen and oxygen atoms in total. The summed E-state index contributed by atoms with van der Waals surface area (Å²) < 4.78 is 0. The Morgan fingerprint density at radius 1 is 1.12 bits per heavy atom. The first kappa shape index (κ1) is 17.5. The average molecular weight is 329 g/mol. The molecule has 3 rings (SSSR count). The third kappa shape index (κ3) is 3.11. The summed E-state index contributed by atoms with van der Waals surface area (Å²) in [7, 11) is 0. The van der Waals surface area contributed by atoms with E-state index >= 15 is 0 Å². The van der Waals surface area contributed by atoms with Crippen molar-refractivity contribution in [2.24, 2.45) is 11.3 Å². The van der Waals surface area contributed by atoms with Crippen LogP contribution in [-0.2, 0) is 10.2 Å². The molecule has 1 saturated heterocycles. The van der Waals surface area contributed by atoms with E-state index in [0.29, 0.717) is 11.8 Å². The summed E-state index contributed by atoms with van der Waals surface area (Å²) in [5.41, 5.74) is 2.29. The normalized spacial score (nSPS) is 29.3. The fourth-order valence-corrected chi connectivity index (χ4v) is 4.35. The zero-order valence-corrected chi connectivity index (χ0v) is 15.5. The van der Waals surface area contributed by atoms with Gasteiger partial charge in [-0.1, -0.05) is 32.9 Å². The van der Waals surface area contributed by atoms with Crippen molar-refractivity contribution in [3.8, 4) is 0 Å². The van der Waals surface area contributed by atoms with Gasteiger partial charge in [-0.05, 0) is 68.1 Å². The molecule has 1 aromatic rings. The second-order valence-corrected chi connectivity index (χ2v) is 8.86. The Balaban J connectivity index is 1.73. The molecule has 0 radical (unpaired) electrons. The fourth-order valence-electron chi connectivity index (χ4n) is 4.35. The third-order valence-electron chi connectivity index (χ3n) is 6.23. The maximum Gasteiger partial charge on any atom is 0.233 e. The monoisotopic (exact) mass is 329 g/mol. The number of aliphatic hydroxyl groups is 1. The molecule has 1 amide bonds. The van der Waals surface area contributed by atoms with Gasteiger partial charge in [-0.25, -0.2) is 0 Å². The lowest BCUT2D eigenvalue weighted by Crippen LogP contribution is -2.39. The van der Waals surface area contributed by atoms with Crippen molar-refractivity contribution in [2.75, 3.05) is 11.4 Å². The number of anilines is 1. The van der Waals surface area contributed by atoms with Crippen LogP contribution in [0.1, 0.15) is 65.4 Å². The van der Waals surface area contributed by atoms with Gasteiger partial charge in [-0.2, -0.15) is 0 Å². The standard InChI is InChI=1S/C21H31NO2/c1-15(23)16-9-11-21(12-10-16)13-14-22(19(21)24)18-7-5-17(6-8-18)20(2,3)4/h5-8,15-16,23H,9-14H2,1-4H3. The van der Waals surface area contributed by atoms with Crippen molar-refractivity contribution in [1.82, 2.24) is 0 Å². The van der Waals surface area contributed by atoms with Crippen molar-refractivity contribution >= 4 is 11.6 Å². The van der Waals surface area contributed by atoms with Crippen LogP contribution < -0.4 is 4.90 Å². The smallest absolute Gasteiger partial charge is 0.233 e. The molecule has 0 bridgehead atoms. The highest BCUT2D eigenvalue weighted by Gasteiger charge is 2.49. The molecule has 1 aliphatic carbocycles. The number of rotatable bonds is 2. The van der Waals surface area contributed by atoms with Gasteiger partial charge in [0.25, 0.3) is 0 Å². The van der Waals surface area contributed by atoms with Gasteiger partial charge in [0.2, 0.25) is 5.91 Å². The predicted octanol–water partition coefficient (Wildman–Crippen LogP) is 4.28. The summed E-state index contributed by atoms with van der Waals surface area (Å²) in [5, 5.41) is 9.80. The molecular weight excluding hydrogens is 298 g/mol. The second kappa shape index (κ2) is 6.18. The molecule has 132 valence electrons. The molecule has 0 aromatic heterocycles. The van der Waals surface area contributed by atoms with Crippen molar-refractivity contribution in [2.45, 2.75) is 71.3 Å². The van der Waals surface area contributed by atoms with E-state index in [-0.39, 0.29) is 16.9 Å². The lowest BCUT2D eigenvalue weighted by molar-refractivity contribution is -0.128. The Bertz CT molecular complexity index is 589. The van der Waals surface area contributed by atoms with Gasteiger partial charge in [-0.3, -0.25) is 4.79 Å². The highest BCUT2D eigenvalue weighted by Crippen LogP contribution is 2.48. The van der Waals surface area contributed by atoms with Crippen LogP contribution in [0.2, 0.25) is 0 Å². The minimum atomic E-state index is -0.250. The Labute approximate surface area is 146 Å². The number of hydrogen-bond donors (Lipinski definition) is 1. The largest absolute Gasteiger partial charge is 0.393 e. The molecule has 1 saturated carbocycles. The molecule has 1 spiro atoms. The maximum atomic E-state index is 13.1. The minimum absolute atomic E-state index is 0.133. The molecular formula is C21H31NO2. The van der Waals surface area contributed by atoms with Gasteiger partial charge in [-0.15, -0.1) is 0 Å². The van der Waals surface area contributed by atoms with Crippen LogP contribution in [0.5, 0.6) is 0 Å². The summed E-state index contributed by atoms with van der Waals surface area (Å²) >= 11 is 0. The number of aliphatic hydroxyl groups excluding tert-OH is 1. The van der Waals surface area contributed by atoms with Gasteiger partial charge in [0, 0.05) is 12.2 Å². The van der Waals surface area contributed by atoms with Crippen LogP contribution in [0.15, 0.2) is 24.3 Å². The summed E-state index contributed by atoms with van der Waals surface area (Å²) in [6, 6.07) is 8.49. The maximum absolute atomic E-state index is 13.1. The first-order valence-electron chi connectivity index (χ1n) is 9.33. The number of amides is 1. The molecule has 1 atom stereocenters. The Morgan fingerprint density at radius 2 is 1.71 bits per heavy atom. The highest BCUT2D eigenvalue weighted by atomic mass is 16.3. The van der Waals surface area contributed by atoms with Gasteiger partial charge >= 0.3 is 0 Å². The van der Waals surface area contributed by atoms with Crippen LogP contribution in [0.4, 0.5) is 5.69 Å². The van der Waals surface area contributed by atoms with Gasteiger partial charge in [0.15, 0.2) is 0 Å². The minimum Gasteiger partial charge on any atom is -0.393 e. The topological polar surface area (TPSA) is 40.5 Å². The molecule has 2 aliphatic rings. The Morgan fingerprint density at radius 3 is 2.21 bits per heavy atom. The summed E-state index contributed by atoms with van der Waals surface area (Å²) in [4.78, 5) is 15.1. The second-order valence-electron chi connectivity index (χ2n) is 8.86. The molecule has 1 N–H and O–H groups in total. The highest BCUT2D eigenvalue weighted by molar-refractivity contribution is 6.00. The summed E-state index contributed by atoms with van der Waals surface area (Å²) in [6.07, 6.45) is 4.51. The average Bonchev–Trinajstić information content (AvgIpc) is 2.84. The zero-order valence-electron chi connectivity index (χ0n) is 15.5. The number of carbonyl (C=O) groups is 1. The van der Waals surface area contributed by atoms with Crippen LogP contribution in [0.25, 0.3) is 0 Å². The lowest BCUT2D eigenvalue weighted by atomic mass is 9.68. The molecule has 3 heteroatoms. The summed E-state index contributed by atoms with van der Waals surface area (Å²) in [6.45, 7) is 9.32. The van der Waals surface area contributed by atoms with Crippen molar-refractivity contribution < 1.29 is 9.90 Å². The van der Waals surface area contributed by atoms with Crippen LogP contribution in [0, 0.1) is 11.3 Å². The van der Waals surface area contributed by atoms with E-state index < -0.39 is 0 Å². The van der Waals surface area contributed by atoms with Crippen LogP contribution in [-0.4, -0.2) is 23.7 Å².